The van der Waals surface area contributed by atoms with Crippen molar-refractivity contribution in [1.82, 2.24) is 0 Å². The lowest BCUT2D eigenvalue weighted by Gasteiger charge is -2.20. The standard InChI is InChI=1S/C19H17NO8/c1-25-17-6-12(2-4-16(17)21)3-5-18(22)27-10-14-8-15(20(23)24)7-13-9-26-11-28-19(13)14/h2-8,21H,9-11H2,1H3. The Labute approximate surface area is 159 Å². The number of ether oxygens (including phenoxy) is 4. The van der Waals surface area contributed by atoms with Gasteiger partial charge in [-0.05, 0) is 23.8 Å². The van der Waals surface area contributed by atoms with Crippen molar-refractivity contribution >= 4 is 17.7 Å². The zero-order valence-corrected chi connectivity index (χ0v) is 14.9. The van der Waals surface area contributed by atoms with Crippen LogP contribution in [0.25, 0.3) is 6.08 Å². The molecule has 0 unspecified atom stereocenters. The number of aromatic hydroxyl groups is 1. The third-order valence-electron chi connectivity index (χ3n) is 3.97. The lowest BCUT2D eigenvalue weighted by Crippen LogP contribution is -2.14. The Morgan fingerprint density at radius 2 is 2.18 bits per heavy atom. The average Bonchev–Trinajstić information content (AvgIpc) is 2.71. The normalized spacial score (nSPS) is 12.9. The van der Waals surface area contributed by atoms with E-state index in [1.165, 1.54) is 37.5 Å². The van der Waals surface area contributed by atoms with E-state index in [0.717, 1.165) is 0 Å². The number of rotatable bonds is 6. The molecule has 1 N–H and O–H groups in total. The molecular formula is C19H17NO8. The molecule has 0 fully saturated rings. The van der Waals surface area contributed by atoms with Crippen LogP contribution in [-0.2, 0) is 27.5 Å². The Hall–Kier alpha value is -3.59. The van der Waals surface area contributed by atoms with Crippen LogP contribution in [0.15, 0.2) is 36.4 Å². The number of nitro benzene ring substituents is 1. The maximum Gasteiger partial charge on any atom is 0.331 e. The number of carbonyl (C=O) groups excluding carboxylic acids is 1. The lowest BCUT2D eigenvalue weighted by molar-refractivity contribution is -0.385. The van der Waals surface area contributed by atoms with Crippen LogP contribution < -0.4 is 9.47 Å². The molecular weight excluding hydrogens is 370 g/mol. The third-order valence-corrected chi connectivity index (χ3v) is 3.97. The van der Waals surface area contributed by atoms with Crippen LogP contribution in [0.2, 0.25) is 0 Å². The van der Waals surface area contributed by atoms with E-state index in [0.29, 0.717) is 22.4 Å². The Morgan fingerprint density at radius 1 is 1.36 bits per heavy atom. The molecule has 9 nitrogen and oxygen atoms in total. The first kappa shape index (κ1) is 19.2. The number of benzene rings is 2. The third kappa shape index (κ3) is 4.38. The minimum Gasteiger partial charge on any atom is -0.504 e. The van der Waals surface area contributed by atoms with Crippen LogP contribution in [0.4, 0.5) is 5.69 Å². The fraction of sp³-hybridized carbons (Fsp3) is 0.211. The van der Waals surface area contributed by atoms with E-state index >= 15 is 0 Å². The van der Waals surface area contributed by atoms with Crippen LogP contribution in [-0.4, -0.2) is 29.9 Å². The van der Waals surface area contributed by atoms with E-state index < -0.39 is 10.9 Å². The molecule has 1 aliphatic rings. The van der Waals surface area contributed by atoms with Crippen molar-refractivity contribution in [3.8, 4) is 17.2 Å². The molecule has 0 radical (unpaired) electrons. The van der Waals surface area contributed by atoms with E-state index in [9.17, 15) is 20.0 Å². The summed E-state index contributed by atoms with van der Waals surface area (Å²) in [5.74, 6) is 0.0519. The fourth-order valence-corrected chi connectivity index (χ4v) is 2.65. The predicted molar refractivity (Wildman–Crippen MR) is 96.9 cm³/mol. The van der Waals surface area contributed by atoms with E-state index in [-0.39, 0.29) is 37.2 Å². The molecule has 2 aromatic carbocycles. The van der Waals surface area contributed by atoms with Gasteiger partial charge in [-0.15, -0.1) is 0 Å². The number of methoxy groups -OCH3 is 1. The molecule has 146 valence electrons. The molecule has 3 rings (SSSR count). The van der Waals surface area contributed by atoms with Gasteiger partial charge in [0.15, 0.2) is 18.3 Å². The van der Waals surface area contributed by atoms with Gasteiger partial charge in [-0.25, -0.2) is 4.79 Å². The Balaban J connectivity index is 1.70. The summed E-state index contributed by atoms with van der Waals surface area (Å²) in [6.07, 6.45) is 2.71. The maximum atomic E-state index is 12.0. The smallest absolute Gasteiger partial charge is 0.331 e. The first-order valence-corrected chi connectivity index (χ1v) is 8.20. The van der Waals surface area contributed by atoms with Crippen molar-refractivity contribution in [2.24, 2.45) is 0 Å². The van der Waals surface area contributed by atoms with E-state index in [1.807, 2.05) is 0 Å². The van der Waals surface area contributed by atoms with Gasteiger partial charge in [-0.1, -0.05) is 6.07 Å². The molecule has 1 aliphatic heterocycles. The molecule has 9 heteroatoms. The van der Waals surface area contributed by atoms with Crippen molar-refractivity contribution in [2.75, 3.05) is 13.9 Å². The number of non-ortho nitro benzene ring substituents is 1. The second-order valence-corrected chi connectivity index (χ2v) is 5.83. The number of hydrogen-bond donors (Lipinski definition) is 1. The molecule has 0 amide bonds. The maximum absolute atomic E-state index is 12.0. The summed E-state index contributed by atoms with van der Waals surface area (Å²) < 4.78 is 20.7. The Kier molecular flexibility index (Phi) is 5.75. The van der Waals surface area contributed by atoms with Crippen LogP contribution in [0.5, 0.6) is 17.2 Å². The minimum atomic E-state index is -0.639. The van der Waals surface area contributed by atoms with Crippen LogP contribution >= 0.6 is 0 Å². The number of nitro groups is 1. The molecule has 0 saturated carbocycles. The van der Waals surface area contributed by atoms with Gasteiger partial charge in [0.25, 0.3) is 5.69 Å². The van der Waals surface area contributed by atoms with Crippen molar-refractivity contribution in [3.05, 3.63) is 63.2 Å². The summed E-state index contributed by atoms with van der Waals surface area (Å²) in [5.41, 5.74) is 1.41. The zero-order valence-electron chi connectivity index (χ0n) is 14.9. The van der Waals surface area contributed by atoms with Gasteiger partial charge in [0.05, 0.1) is 18.6 Å². The summed E-state index contributed by atoms with van der Waals surface area (Å²) in [6, 6.07) is 7.29. The molecule has 0 aliphatic carbocycles. The van der Waals surface area contributed by atoms with E-state index in [1.54, 1.807) is 12.1 Å². The van der Waals surface area contributed by atoms with Gasteiger partial charge in [0, 0.05) is 29.3 Å². The molecule has 0 aromatic heterocycles. The van der Waals surface area contributed by atoms with E-state index in [4.69, 9.17) is 18.9 Å². The van der Waals surface area contributed by atoms with Gasteiger partial charge in [0.1, 0.15) is 12.4 Å². The monoisotopic (exact) mass is 387 g/mol. The van der Waals surface area contributed by atoms with E-state index in [2.05, 4.69) is 0 Å². The van der Waals surface area contributed by atoms with Gasteiger partial charge >= 0.3 is 5.97 Å². The molecule has 0 bridgehead atoms. The van der Waals surface area contributed by atoms with Crippen molar-refractivity contribution < 1.29 is 33.8 Å². The summed E-state index contributed by atoms with van der Waals surface area (Å²) in [6.45, 7) is 0.0149. The Morgan fingerprint density at radius 3 is 2.93 bits per heavy atom. The average molecular weight is 387 g/mol. The molecule has 1 heterocycles. The first-order valence-electron chi connectivity index (χ1n) is 8.20. The topological polar surface area (TPSA) is 117 Å². The number of phenols is 1. The SMILES string of the molecule is COc1cc(C=CC(=O)OCc2cc([N+](=O)[O-])cc3c2OCOC3)ccc1O. The highest BCUT2D eigenvalue weighted by Gasteiger charge is 2.21. The first-order chi connectivity index (χ1) is 13.5. The lowest BCUT2D eigenvalue weighted by atomic mass is 10.1. The number of esters is 1. The van der Waals surface area contributed by atoms with Crippen LogP contribution in [0.3, 0.4) is 0 Å². The Bertz CT molecular complexity index is 938. The summed E-state index contributed by atoms with van der Waals surface area (Å²) in [7, 11) is 1.42. The number of hydrogen-bond acceptors (Lipinski definition) is 8. The van der Waals surface area contributed by atoms with Gasteiger partial charge < -0.3 is 24.1 Å². The predicted octanol–water partition coefficient (Wildman–Crippen LogP) is 2.93. The molecule has 0 spiro atoms. The second kappa shape index (κ2) is 8.40. The van der Waals surface area contributed by atoms with Gasteiger partial charge in [-0.3, -0.25) is 10.1 Å². The largest absolute Gasteiger partial charge is 0.504 e. The summed E-state index contributed by atoms with van der Waals surface area (Å²) in [5, 5.41) is 20.7. The highest BCUT2D eigenvalue weighted by molar-refractivity contribution is 5.87. The van der Waals surface area contributed by atoms with Crippen molar-refractivity contribution in [1.29, 1.82) is 0 Å². The van der Waals surface area contributed by atoms with Crippen molar-refractivity contribution in [3.63, 3.8) is 0 Å². The van der Waals surface area contributed by atoms with Crippen LogP contribution in [0, 0.1) is 10.1 Å². The van der Waals surface area contributed by atoms with Crippen LogP contribution in [0.1, 0.15) is 16.7 Å². The fourth-order valence-electron chi connectivity index (χ4n) is 2.65. The zero-order chi connectivity index (χ0) is 20.1. The second-order valence-electron chi connectivity index (χ2n) is 5.83. The number of phenolic OH excluding ortho intramolecular Hbond substituents is 1. The summed E-state index contributed by atoms with van der Waals surface area (Å²) >= 11 is 0. The number of carbonyl (C=O) groups is 1. The number of fused-ring (bicyclic) bond motifs is 1. The molecule has 2 aromatic rings. The molecule has 0 saturated heterocycles. The van der Waals surface area contributed by atoms with Crippen molar-refractivity contribution in [2.45, 2.75) is 13.2 Å². The highest BCUT2D eigenvalue weighted by atomic mass is 16.7. The highest BCUT2D eigenvalue weighted by Crippen LogP contribution is 2.33. The quantitative estimate of drug-likeness (QED) is 0.348. The van der Waals surface area contributed by atoms with Gasteiger partial charge in [0.2, 0.25) is 0 Å². The molecule has 0 atom stereocenters. The summed E-state index contributed by atoms with van der Waals surface area (Å²) in [4.78, 5) is 22.6. The number of nitrogens with zero attached hydrogens (tertiary/aromatic N) is 1. The minimum absolute atomic E-state index is 0.0124. The molecule has 28 heavy (non-hydrogen) atoms. The van der Waals surface area contributed by atoms with Gasteiger partial charge in [-0.2, -0.15) is 0 Å².